The van der Waals surface area contributed by atoms with Gasteiger partial charge in [-0.05, 0) is 36.1 Å². The summed E-state index contributed by atoms with van der Waals surface area (Å²) in [5, 5.41) is 24.0. The Balaban J connectivity index is 2.34. The first-order valence-corrected chi connectivity index (χ1v) is 10.4. The summed E-state index contributed by atoms with van der Waals surface area (Å²) in [6.07, 6.45) is 1.70. The van der Waals surface area contributed by atoms with Gasteiger partial charge in [0.25, 0.3) is 0 Å². The van der Waals surface area contributed by atoms with E-state index in [9.17, 15) is 19.6 Å². The number of nitrogens with zero attached hydrogens (tertiary/aromatic N) is 2. The number of unbranched alkanes of at least 4 members (excludes halogenated alkanes) is 1. The van der Waals surface area contributed by atoms with Crippen LogP contribution in [0.25, 0.3) is 16.9 Å². The molecule has 0 saturated heterocycles. The van der Waals surface area contributed by atoms with E-state index in [-0.39, 0.29) is 22.4 Å². The number of ether oxygens (including phenoxy) is 3. The summed E-state index contributed by atoms with van der Waals surface area (Å²) >= 11 is 0. The molecule has 172 valence electrons. The van der Waals surface area contributed by atoms with Crippen LogP contribution in [0.1, 0.15) is 40.6 Å². The number of methoxy groups -OCH3 is 2. The predicted octanol–water partition coefficient (Wildman–Crippen LogP) is 1.97. The molecule has 3 rings (SSSR count). The fourth-order valence-corrected chi connectivity index (χ4v) is 3.29. The van der Waals surface area contributed by atoms with Crippen molar-refractivity contribution < 1.29 is 33.8 Å². The van der Waals surface area contributed by atoms with Gasteiger partial charge in [0.2, 0.25) is 0 Å². The van der Waals surface area contributed by atoms with E-state index < -0.39 is 19.1 Å². The second kappa shape index (κ2) is 10.8. The topological polar surface area (TPSA) is 120 Å². The van der Waals surface area contributed by atoms with Gasteiger partial charge >= 0.3 is 19.1 Å². The predicted molar refractivity (Wildman–Crippen MR) is 122 cm³/mol. The van der Waals surface area contributed by atoms with Gasteiger partial charge in [0, 0.05) is 5.56 Å². The zero-order valence-corrected chi connectivity index (χ0v) is 18.6. The van der Waals surface area contributed by atoms with Gasteiger partial charge in [-0.3, -0.25) is 0 Å². The summed E-state index contributed by atoms with van der Waals surface area (Å²) in [4.78, 5) is 25.6. The standard InChI is InChI=1S/C23H25BN2O7/c1-4-5-13-33-18-12-11-15(24(29)30)14-17(18)20-19(22(27)31-2)21(23(28)32-3)26(25-20)16-9-7-6-8-10-16/h6-12,14,29-30H,4-5,13H2,1-3H3. The minimum absolute atomic E-state index is 0.0834. The summed E-state index contributed by atoms with van der Waals surface area (Å²) in [6, 6.07) is 13.3. The van der Waals surface area contributed by atoms with E-state index in [1.807, 2.05) is 6.92 Å². The van der Waals surface area contributed by atoms with Crippen molar-refractivity contribution in [3.8, 4) is 22.7 Å². The summed E-state index contributed by atoms with van der Waals surface area (Å²) < 4.78 is 17.1. The number of hydrogen-bond acceptors (Lipinski definition) is 8. The van der Waals surface area contributed by atoms with E-state index >= 15 is 0 Å². The SMILES string of the molecule is CCCCOc1ccc(B(O)O)cc1-c1nn(-c2ccccc2)c(C(=O)OC)c1C(=O)OC. The number of hydrogen-bond donors (Lipinski definition) is 2. The number of para-hydroxylation sites is 1. The maximum absolute atomic E-state index is 12.9. The van der Waals surface area contributed by atoms with Crippen molar-refractivity contribution in [2.24, 2.45) is 0 Å². The van der Waals surface area contributed by atoms with Crippen LogP contribution in [0.5, 0.6) is 5.75 Å². The molecule has 0 aliphatic rings. The van der Waals surface area contributed by atoms with Gasteiger partial charge < -0.3 is 24.3 Å². The molecule has 0 unspecified atom stereocenters. The molecule has 1 heterocycles. The van der Waals surface area contributed by atoms with Gasteiger partial charge in [-0.15, -0.1) is 0 Å². The average Bonchev–Trinajstić information content (AvgIpc) is 3.24. The normalized spacial score (nSPS) is 10.6. The van der Waals surface area contributed by atoms with E-state index in [0.29, 0.717) is 23.6 Å². The third kappa shape index (κ3) is 5.07. The zero-order chi connectivity index (χ0) is 24.0. The Morgan fingerprint density at radius 1 is 1.03 bits per heavy atom. The number of rotatable bonds is 9. The van der Waals surface area contributed by atoms with Crippen LogP contribution in [0.3, 0.4) is 0 Å². The van der Waals surface area contributed by atoms with Crippen molar-refractivity contribution in [1.29, 1.82) is 0 Å². The fraction of sp³-hybridized carbons (Fsp3) is 0.261. The monoisotopic (exact) mass is 452 g/mol. The zero-order valence-electron chi connectivity index (χ0n) is 18.6. The van der Waals surface area contributed by atoms with E-state index in [2.05, 4.69) is 5.10 Å². The lowest BCUT2D eigenvalue weighted by Gasteiger charge is -2.13. The lowest BCUT2D eigenvalue weighted by Crippen LogP contribution is -2.29. The highest BCUT2D eigenvalue weighted by molar-refractivity contribution is 6.58. The summed E-state index contributed by atoms with van der Waals surface area (Å²) in [7, 11) is 0.638. The Labute approximate surface area is 191 Å². The van der Waals surface area contributed by atoms with Crippen LogP contribution in [-0.4, -0.2) is 59.7 Å². The van der Waals surface area contributed by atoms with Gasteiger partial charge in [-0.2, -0.15) is 5.10 Å². The molecule has 1 aromatic heterocycles. The lowest BCUT2D eigenvalue weighted by atomic mass is 9.79. The minimum atomic E-state index is -1.76. The number of carbonyl (C=O) groups excluding carboxylic acids is 2. The van der Waals surface area contributed by atoms with E-state index in [4.69, 9.17) is 14.2 Å². The Kier molecular flexibility index (Phi) is 7.86. The molecule has 0 radical (unpaired) electrons. The number of carbonyl (C=O) groups is 2. The molecule has 10 heteroatoms. The molecule has 0 spiro atoms. The summed E-state index contributed by atoms with van der Waals surface area (Å²) in [5.74, 6) is -1.22. The van der Waals surface area contributed by atoms with Gasteiger partial charge in [-0.25, -0.2) is 14.3 Å². The Morgan fingerprint density at radius 3 is 2.33 bits per heavy atom. The molecule has 9 nitrogen and oxygen atoms in total. The molecule has 3 aromatic rings. The first-order chi connectivity index (χ1) is 15.9. The van der Waals surface area contributed by atoms with Crippen molar-refractivity contribution in [3.63, 3.8) is 0 Å². The molecule has 0 atom stereocenters. The molecule has 33 heavy (non-hydrogen) atoms. The molecule has 0 aliphatic carbocycles. The molecule has 0 aliphatic heterocycles. The van der Waals surface area contributed by atoms with Gasteiger partial charge in [0.05, 0.1) is 26.5 Å². The third-order valence-electron chi connectivity index (χ3n) is 4.97. The van der Waals surface area contributed by atoms with Crippen molar-refractivity contribution in [2.45, 2.75) is 19.8 Å². The Bertz CT molecular complexity index is 1130. The highest BCUT2D eigenvalue weighted by Crippen LogP contribution is 2.34. The maximum atomic E-state index is 12.9. The van der Waals surface area contributed by atoms with Crippen LogP contribution in [0.2, 0.25) is 0 Å². The highest BCUT2D eigenvalue weighted by Gasteiger charge is 2.33. The third-order valence-corrected chi connectivity index (χ3v) is 4.97. The van der Waals surface area contributed by atoms with Crippen LogP contribution >= 0.6 is 0 Å². The highest BCUT2D eigenvalue weighted by atomic mass is 16.5. The second-order valence-electron chi connectivity index (χ2n) is 7.13. The number of aromatic nitrogens is 2. The second-order valence-corrected chi connectivity index (χ2v) is 7.13. The quantitative estimate of drug-likeness (QED) is 0.287. The number of esters is 2. The molecule has 0 amide bonds. The first kappa shape index (κ1) is 24.0. The molecule has 0 saturated carbocycles. The van der Waals surface area contributed by atoms with E-state index in [1.165, 1.54) is 31.0 Å². The lowest BCUT2D eigenvalue weighted by molar-refractivity contribution is 0.0549. The van der Waals surface area contributed by atoms with Crippen LogP contribution < -0.4 is 10.2 Å². The summed E-state index contributed by atoms with van der Waals surface area (Å²) in [6.45, 7) is 2.43. The molecular formula is C23H25BN2O7. The Hall–Kier alpha value is -3.63. The van der Waals surface area contributed by atoms with E-state index in [1.54, 1.807) is 36.4 Å². The van der Waals surface area contributed by atoms with Crippen molar-refractivity contribution >= 4 is 24.5 Å². The van der Waals surface area contributed by atoms with Gasteiger partial charge in [0.1, 0.15) is 17.0 Å². The molecule has 2 N–H and O–H groups in total. The fourth-order valence-electron chi connectivity index (χ4n) is 3.29. The van der Waals surface area contributed by atoms with Crippen LogP contribution in [0.4, 0.5) is 0 Å². The molecule has 0 fully saturated rings. The van der Waals surface area contributed by atoms with Crippen LogP contribution in [-0.2, 0) is 9.47 Å². The largest absolute Gasteiger partial charge is 0.493 e. The number of benzene rings is 2. The maximum Gasteiger partial charge on any atom is 0.488 e. The average molecular weight is 452 g/mol. The Morgan fingerprint density at radius 2 is 1.73 bits per heavy atom. The van der Waals surface area contributed by atoms with Crippen molar-refractivity contribution in [2.75, 3.05) is 20.8 Å². The van der Waals surface area contributed by atoms with Crippen LogP contribution in [0, 0.1) is 0 Å². The van der Waals surface area contributed by atoms with E-state index in [0.717, 1.165) is 12.8 Å². The smallest absolute Gasteiger partial charge is 0.488 e. The van der Waals surface area contributed by atoms with Gasteiger partial charge in [0.15, 0.2) is 5.69 Å². The van der Waals surface area contributed by atoms with Crippen LogP contribution in [0.15, 0.2) is 48.5 Å². The van der Waals surface area contributed by atoms with Crippen molar-refractivity contribution in [1.82, 2.24) is 9.78 Å². The first-order valence-electron chi connectivity index (χ1n) is 10.4. The van der Waals surface area contributed by atoms with Gasteiger partial charge in [-0.1, -0.05) is 37.6 Å². The van der Waals surface area contributed by atoms with Crippen molar-refractivity contribution in [3.05, 3.63) is 59.8 Å². The summed E-state index contributed by atoms with van der Waals surface area (Å²) in [5.41, 5.74) is 0.814. The molecule has 0 bridgehead atoms. The molecular weight excluding hydrogens is 427 g/mol. The minimum Gasteiger partial charge on any atom is -0.493 e. The molecule has 2 aromatic carbocycles.